The van der Waals surface area contributed by atoms with Crippen molar-refractivity contribution < 1.29 is 4.39 Å². The molecule has 0 aliphatic carbocycles. The molecular formula is C13H10Cl3FN2. The van der Waals surface area contributed by atoms with Gasteiger partial charge in [-0.3, -0.25) is 0 Å². The first-order valence-electron chi connectivity index (χ1n) is 5.53. The van der Waals surface area contributed by atoms with Crippen LogP contribution in [0, 0.1) is 6.92 Å². The third-order valence-electron chi connectivity index (χ3n) is 2.71. The van der Waals surface area contributed by atoms with Crippen LogP contribution in [0.4, 0.5) is 4.39 Å². The number of alkyl halides is 1. The van der Waals surface area contributed by atoms with Crippen molar-refractivity contribution in [1.82, 2.24) is 9.97 Å². The van der Waals surface area contributed by atoms with Crippen LogP contribution in [-0.2, 0) is 13.1 Å². The highest BCUT2D eigenvalue weighted by Crippen LogP contribution is 2.25. The Bertz CT molecular complexity index is 617. The SMILES string of the molecule is Cc1c(Cl)nc(CF)nc1Cc1ccc(Cl)c(Cl)c1. The fourth-order valence-corrected chi connectivity index (χ4v) is 2.18. The maximum absolute atomic E-state index is 12.7. The summed E-state index contributed by atoms with van der Waals surface area (Å²) < 4.78 is 12.7. The minimum Gasteiger partial charge on any atom is -0.242 e. The molecule has 2 rings (SSSR count). The van der Waals surface area contributed by atoms with Gasteiger partial charge in [-0.15, -0.1) is 0 Å². The van der Waals surface area contributed by atoms with Gasteiger partial charge >= 0.3 is 0 Å². The van der Waals surface area contributed by atoms with Gasteiger partial charge in [-0.2, -0.15) is 0 Å². The molecule has 0 spiro atoms. The summed E-state index contributed by atoms with van der Waals surface area (Å²) in [5.41, 5.74) is 2.35. The molecule has 0 bridgehead atoms. The Morgan fingerprint density at radius 1 is 1.11 bits per heavy atom. The smallest absolute Gasteiger partial charge is 0.161 e. The second-order valence-corrected chi connectivity index (χ2v) is 5.23. The fraction of sp³-hybridized carbons (Fsp3) is 0.231. The van der Waals surface area contributed by atoms with E-state index in [1.54, 1.807) is 19.1 Å². The van der Waals surface area contributed by atoms with Crippen molar-refractivity contribution in [2.24, 2.45) is 0 Å². The van der Waals surface area contributed by atoms with Gasteiger partial charge in [0.15, 0.2) is 5.82 Å². The molecule has 0 radical (unpaired) electrons. The van der Waals surface area contributed by atoms with E-state index in [4.69, 9.17) is 34.8 Å². The summed E-state index contributed by atoms with van der Waals surface area (Å²) in [6.07, 6.45) is 0.498. The summed E-state index contributed by atoms with van der Waals surface area (Å²) in [5.74, 6) is 0.0886. The van der Waals surface area contributed by atoms with Gasteiger partial charge in [0, 0.05) is 12.0 Å². The van der Waals surface area contributed by atoms with Crippen molar-refractivity contribution in [2.45, 2.75) is 20.0 Å². The second kappa shape index (κ2) is 6.04. The summed E-state index contributed by atoms with van der Waals surface area (Å²) in [5, 5.41) is 1.24. The average molecular weight is 320 g/mol. The van der Waals surface area contributed by atoms with Crippen LogP contribution in [0.3, 0.4) is 0 Å². The average Bonchev–Trinajstić information content (AvgIpc) is 2.39. The fourth-order valence-electron chi connectivity index (χ4n) is 1.66. The molecule has 19 heavy (non-hydrogen) atoms. The molecule has 2 nitrogen and oxygen atoms in total. The molecule has 0 aliphatic rings. The van der Waals surface area contributed by atoms with Crippen molar-refractivity contribution in [2.75, 3.05) is 0 Å². The van der Waals surface area contributed by atoms with E-state index < -0.39 is 6.67 Å². The first-order chi connectivity index (χ1) is 9.01. The molecule has 100 valence electrons. The standard InChI is InChI=1S/C13H10Cl3FN2/c1-7-11(18-12(6-17)19-13(7)16)5-8-2-3-9(14)10(15)4-8/h2-4H,5-6H2,1H3. The highest BCUT2D eigenvalue weighted by molar-refractivity contribution is 6.42. The summed E-state index contributed by atoms with van der Waals surface area (Å²) in [6.45, 7) is 1.06. The molecule has 2 aromatic rings. The van der Waals surface area contributed by atoms with Crippen LogP contribution in [-0.4, -0.2) is 9.97 Å². The maximum Gasteiger partial charge on any atom is 0.161 e. The van der Waals surface area contributed by atoms with Crippen LogP contribution >= 0.6 is 34.8 Å². The first kappa shape index (κ1) is 14.5. The van der Waals surface area contributed by atoms with E-state index in [9.17, 15) is 4.39 Å². The number of hydrogen-bond acceptors (Lipinski definition) is 2. The van der Waals surface area contributed by atoms with E-state index in [0.29, 0.717) is 22.2 Å². The van der Waals surface area contributed by atoms with Gasteiger partial charge in [0.2, 0.25) is 0 Å². The van der Waals surface area contributed by atoms with Crippen LogP contribution in [0.15, 0.2) is 18.2 Å². The topological polar surface area (TPSA) is 25.8 Å². The molecule has 0 fully saturated rings. The van der Waals surface area contributed by atoms with Crippen molar-refractivity contribution in [3.8, 4) is 0 Å². The number of nitrogens with zero attached hydrogens (tertiary/aromatic N) is 2. The molecule has 0 aliphatic heterocycles. The Kier molecular flexibility index (Phi) is 4.61. The molecule has 1 aromatic carbocycles. The number of benzene rings is 1. The van der Waals surface area contributed by atoms with Gasteiger partial charge in [-0.25, -0.2) is 14.4 Å². The zero-order chi connectivity index (χ0) is 14.0. The van der Waals surface area contributed by atoms with Crippen molar-refractivity contribution in [3.05, 3.63) is 56.0 Å². The quantitative estimate of drug-likeness (QED) is 0.759. The molecule has 1 aromatic heterocycles. The predicted octanol–water partition coefficient (Wildman–Crippen LogP) is 4.81. The predicted molar refractivity (Wildman–Crippen MR) is 75.9 cm³/mol. The Labute approximate surface area is 125 Å². The zero-order valence-corrected chi connectivity index (χ0v) is 12.3. The number of aromatic nitrogens is 2. The molecule has 0 saturated heterocycles. The van der Waals surface area contributed by atoms with E-state index >= 15 is 0 Å². The number of halogens is 4. The minimum absolute atomic E-state index is 0.0886. The Balaban J connectivity index is 2.37. The molecule has 0 amide bonds. The Morgan fingerprint density at radius 3 is 2.47 bits per heavy atom. The molecule has 6 heteroatoms. The van der Waals surface area contributed by atoms with Gasteiger partial charge in [0.1, 0.15) is 11.8 Å². The normalized spacial score (nSPS) is 10.8. The number of rotatable bonds is 3. The van der Waals surface area contributed by atoms with E-state index in [1.807, 2.05) is 6.07 Å². The molecule has 0 saturated carbocycles. The van der Waals surface area contributed by atoms with E-state index in [0.717, 1.165) is 11.1 Å². The monoisotopic (exact) mass is 318 g/mol. The summed E-state index contributed by atoms with van der Waals surface area (Å²) in [7, 11) is 0. The van der Waals surface area contributed by atoms with Crippen molar-refractivity contribution in [3.63, 3.8) is 0 Å². The summed E-state index contributed by atoms with van der Waals surface area (Å²) in [4.78, 5) is 8.01. The molecule has 0 unspecified atom stereocenters. The van der Waals surface area contributed by atoms with Crippen molar-refractivity contribution in [1.29, 1.82) is 0 Å². The first-order valence-corrected chi connectivity index (χ1v) is 6.66. The lowest BCUT2D eigenvalue weighted by Crippen LogP contribution is -2.03. The molecule has 1 heterocycles. The van der Waals surface area contributed by atoms with E-state index in [2.05, 4.69) is 9.97 Å². The zero-order valence-electron chi connectivity index (χ0n) is 10.1. The van der Waals surface area contributed by atoms with Gasteiger partial charge in [-0.05, 0) is 24.6 Å². The molecule has 0 N–H and O–H groups in total. The lowest BCUT2D eigenvalue weighted by Gasteiger charge is -2.08. The van der Waals surface area contributed by atoms with Gasteiger partial charge < -0.3 is 0 Å². The lowest BCUT2D eigenvalue weighted by molar-refractivity contribution is 0.464. The van der Waals surface area contributed by atoms with Gasteiger partial charge in [-0.1, -0.05) is 40.9 Å². The van der Waals surface area contributed by atoms with Gasteiger partial charge in [0.25, 0.3) is 0 Å². The van der Waals surface area contributed by atoms with Crippen LogP contribution in [0.25, 0.3) is 0 Å². The van der Waals surface area contributed by atoms with Gasteiger partial charge in [0.05, 0.1) is 15.7 Å². The van der Waals surface area contributed by atoms with E-state index in [1.165, 1.54) is 0 Å². The summed E-state index contributed by atoms with van der Waals surface area (Å²) >= 11 is 17.8. The third-order valence-corrected chi connectivity index (χ3v) is 3.82. The van der Waals surface area contributed by atoms with Crippen LogP contribution < -0.4 is 0 Å². The Morgan fingerprint density at radius 2 is 1.84 bits per heavy atom. The van der Waals surface area contributed by atoms with Crippen LogP contribution in [0.2, 0.25) is 15.2 Å². The van der Waals surface area contributed by atoms with E-state index in [-0.39, 0.29) is 11.0 Å². The second-order valence-electron chi connectivity index (χ2n) is 4.06. The molecular weight excluding hydrogens is 310 g/mol. The maximum atomic E-state index is 12.7. The Hall–Kier alpha value is -0.900. The number of hydrogen-bond donors (Lipinski definition) is 0. The third kappa shape index (κ3) is 3.35. The summed E-state index contributed by atoms with van der Waals surface area (Å²) in [6, 6.07) is 5.32. The minimum atomic E-state index is -0.742. The largest absolute Gasteiger partial charge is 0.242 e. The van der Waals surface area contributed by atoms with Crippen LogP contribution in [0.5, 0.6) is 0 Å². The lowest BCUT2D eigenvalue weighted by atomic mass is 10.1. The van der Waals surface area contributed by atoms with Crippen molar-refractivity contribution >= 4 is 34.8 Å². The highest BCUT2D eigenvalue weighted by atomic mass is 35.5. The molecule has 0 atom stereocenters. The highest BCUT2D eigenvalue weighted by Gasteiger charge is 2.10. The van der Waals surface area contributed by atoms with Crippen LogP contribution in [0.1, 0.15) is 22.6 Å².